The summed E-state index contributed by atoms with van der Waals surface area (Å²) in [6.45, 7) is 13.6. The molecule has 142 valence electrons. The summed E-state index contributed by atoms with van der Waals surface area (Å²) in [7, 11) is -2.15. The van der Waals surface area contributed by atoms with E-state index in [0.717, 1.165) is 37.5 Å². The smallest absolute Gasteiger partial charge is 0.344 e. The minimum absolute atomic E-state index is 0.467. The fourth-order valence-electron chi connectivity index (χ4n) is 5.07. The van der Waals surface area contributed by atoms with E-state index in [-0.39, 0.29) is 0 Å². The SMILES string of the molecule is CCCO[Si](OCCC)(C1CCC(C)CC1)C1CCCC(C)(C)C1. The molecule has 2 fully saturated rings. The summed E-state index contributed by atoms with van der Waals surface area (Å²) in [4.78, 5) is 0. The summed E-state index contributed by atoms with van der Waals surface area (Å²) in [5.41, 5.74) is 1.90. The zero-order valence-electron chi connectivity index (χ0n) is 17.0. The first kappa shape index (κ1) is 20.4. The van der Waals surface area contributed by atoms with Gasteiger partial charge in [0.25, 0.3) is 0 Å². The number of hydrogen-bond donors (Lipinski definition) is 0. The molecule has 0 aromatic rings. The van der Waals surface area contributed by atoms with Crippen molar-refractivity contribution in [3.05, 3.63) is 0 Å². The lowest BCUT2D eigenvalue weighted by molar-refractivity contribution is 0.116. The molecule has 0 N–H and O–H groups in total. The zero-order chi connectivity index (χ0) is 17.6. The molecule has 0 spiro atoms. The highest BCUT2D eigenvalue weighted by Crippen LogP contribution is 2.53. The van der Waals surface area contributed by atoms with E-state index in [1.807, 2.05) is 0 Å². The largest absolute Gasteiger partial charge is 0.394 e. The molecule has 2 rings (SSSR count). The van der Waals surface area contributed by atoms with Crippen molar-refractivity contribution in [2.24, 2.45) is 11.3 Å². The van der Waals surface area contributed by atoms with Gasteiger partial charge in [-0.25, -0.2) is 0 Å². The Morgan fingerprint density at radius 3 is 1.96 bits per heavy atom. The standard InChI is InChI=1S/C21H42O2Si/c1-6-15-22-24(23-16-7-2,19-12-10-18(3)11-13-19)20-9-8-14-21(4,5)17-20/h18-20H,6-17H2,1-5H3. The normalized spacial score (nSPS) is 31.1. The molecule has 2 aliphatic carbocycles. The average Bonchev–Trinajstić information content (AvgIpc) is 2.55. The highest BCUT2D eigenvalue weighted by atomic mass is 28.4. The topological polar surface area (TPSA) is 18.5 Å². The van der Waals surface area contributed by atoms with Gasteiger partial charge in [-0.1, -0.05) is 53.9 Å². The van der Waals surface area contributed by atoms with Gasteiger partial charge in [0.1, 0.15) is 0 Å². The molecular weight excluding hydrogens is 312 g/mol. The second-order valence-corrected chi connectivity index (χ2v) is 13.0. The van der Waals surface area contributed by atoms with Crippen LogP contribution in [0.25, 0.3) is 0 Å². The highest BCUT2D eigenvalue weighted by Gasteiger charge is 2.54. The van der Waals surface area contributed by atoms with Gasteiger partial charge < -0.3 is 8.85 Å². The Balaban J connectivity index is 2.25. The molecule has 0 aromatic heterocycles. The molecule has 0 aliphatic heterocycles. The van der Waals surface area contributed by atoms with Gasteiger partial charge in [-0.15, -0.1) is 0 Å². The molecule has 3 heteroatoms. The lowest BCUT2D eigenvalue weighted by Crippen LogP contribution is -2.54. The van der Waals surface area contributed by atoms with Gasteiger partial charge >= 0.3 is 8.56 Å². The van der Waals surface area contributed by atoms with Gasteiger partial charge in [-0.05, 0) is 56.3 Å². The second-order valence-electron chi connectivity index (χ2n) is 9.33. The highest BCUT2D eigenvalue weighted by molar-refractivity contribution is 6.70. The zero-order valence-corrected chi connectivity index (χ0v) is 18.0. The molecule has 0 amide bonds. The molecule has 0 saturated heterocycles. The monoisotopic (exact) mass is 354 g/mol. The maximum absolute atomic E-state index is 6.81. The fourth-order valence-corrected chi connectivity index (χ4v) is 10.4. The van der Waals surface area contributed by atoms with Crippen LogP contribution in [0.15, 0.2) is 0 Å². The van der Waals surface area contributed by atoms with Crippen LogP contribution < -0.4 is 0 Å². The van der Waals surface area contributed by atoms with Crippen molar-refractivity contribution in [1.29, 1.82) is 0 Å². The lowest BCUT2D eigenvalue weighted by atomic mass is 9.77. The van der Waals surface area contributed by atoms with Crippen molar-refractivity contribution in [2.45, 2.75) is 110 Å². The summed E-state index contributed by atoms with van der Waals surface area (Å²) in [6, 6.07) is 0. The molecule has 1 atom stereocenters. The molecule has 2 aliphatic rings. The van der Waals surface area contributed by atoms with Gasteiger partial charge in [-0.2, -0.15) is 0 Å². The summed E-state index contributed by atoms with van der Waals surface area (Å²) in [5, 5.41) is 0. The van der Waals surface area contributed by atoms with Gasteiger partial charge in [0.2, 0.25) is 0 Å². The maximum atomic E-state index is 6.81. The Labute approximate surface area is 152 Å². The minimum Gasteiger partial charge on any atom is -0.394 e. The van der Waals surface area contributed by atoms with Gasteiger partial charge in [0.15, 0.2) is 0 Å². The van der Waals surface area contributed by atoms with Crippen molar-refractivity contribution in [2.75, 3.05) is 13.2 Å². The van der Waals surface area contributed by atoms with E-state index in [0.29, 0.717) is 11.0 Å². The molecule has 0 bridgehead atoms. The third kappa shape index (κ3) is 5.08. The Morgan fingerprint density at radius 2 is 1.46 bits per heavy atom. The molecule has 24 heavy (non-hydrogen) atoms. The Bertz CT molecular complexity index is 353. The van der Waals surface area contributed by atoms with E-state index in [1.54, 1.807) is 0 Å². The van der Waals surface area contributed by atoms with Crippen molar-refractivity contribution in [1.82, 2.24) is 0 Å². The van der Waals surface area contributed by atoms with Crippen LogP contribution >= 0.6 is 0 Å². The summed E-state index contributed by atoms with van der Waals surface area (Å²) in [6.07, 6.45) is 13.1. The summed E-state index contributed by atoms with van der Waals surface area (Å²) in [5.74, 6) is 0.896. The predicted molar refractivity (Wildman–Crippen MR) is 106 cm³/mol. The van der Waals surface area contributed by atoms with Crippen molar-refractivity contribution >= 4 is 8.56 Å². The first-order chi connectivity index (χ1) is 11.4. The first-order valence-corrected chi connectivity index (χ1v) is 12.7. The third-order valence-corrected chi connectivity index (χ3v) is 11.1. The fraction of sp³-hybridized carbons (Fsp3) is 1.00. The summed E-state index contributed by atoms with van der Waals surface area (Å²) < 4.78 is 13.6. The van der Waals surface area contributed by atoms with Crippen LogP contribution in [0, 0.1) is 11.3 Å². The van der Waals surface area contributed by atoms with Crippen molar-refractivity contribution in [3.63, 3.8) is 0 Å². The predicted octanol–water partition coefficient (Wildman–Crippen LogP) is 6.83. The Morgan fingerprint density at radius 1 is 0.875 bits per heavy atom. The van der Waals surface area contributed by atoms with E-state index >= 15 is 0 Å². The van der Waals surface area contributed by atoms with Crippen LogP contribution in [0.1, 0.15) is 98.8 Å². The average molecular weight is 355 g/mol. The van der Waals surface area contributed by atoms with Crippen LogP contribution in [-0.2, 0) is 8.85 Å². The Hall–Kier alpha value is 0.137. The molecule has 1 unspecified atom stereocenters. The van der Waals surface area contributed by atoms with Gasteiger partial charge in [0, 0.05) is 24.3 Å². The molecule has 0 aromatic carbocycles. The molecule has 0 radical (unpaired) electrons. The van der Waals surface area contributed by atoms with E-state index in [4.69, 9.17) is 8.85 Å². The van der Waals surface area contributed by atoms with Crippen LogP contribution in [0.3, 0.4) is 0 Å². The number of hydrogen-bond acceptors (Lipinski definition) is 2. The molecule has 2 nitrogen and oxygen atoms in total. The second kappa shape index (κ2) is 9.18. The first-order valence-electron chi connectivity index (χ1n) is 10.7. The minimum atomic E-state index is -2.15. The van der Waals surface area contributed by atoms with Crippen LogP contribution in [0.5, 0.6) is 0 Å². The summed E-state index contributed by atoms with van der Waals surface area (Å²) >= 11 is 0. The van der Waals surface area contributed by atoms with Crippen molar-refractivity contribution < 1.29 is 8.85 Å². The Kier molecular flexibility index (Phi) is 7.82. The van der Waals surface area contributed by atoms with Crippen LogP contribution in [0.4, 0.5) is 0 Å². The molecular formula is C21H42O2Si. The van der Waals surface area contributed by atoms with Crippen LogP contribution in [-0.4, -0.2) is 21.8 Å². The molecule has 0 heterocycles. The van der Waals surface area contributed by atoms with E-state index in [2.05, 4.69) is 34.6 Å². The van der Waals surface area contributed by atoms with E-state index in [1.165, 1.54) is 51.4 Å². The van der Waals surface area contributed by atoms with Crippen molar-refractivity contribution in [3.8, 4) is 0 Å². The van der Waals surface area contributed by atoms with E-state index in [9.17, 15) is 0 Å². The quantitative estimate of drug-likeness (QED) is 0.445. The van der Waals surface area contributed by atoms with E-state index < -0.39 is 8.56 Å². The maximum Gasteiger partial charge on any atom is 0.344 e. The lowest BCUT2D eigenvalue weighted by Gasteiger charge is -2.49. The van der Waals surface area contributed by atoms with Gasteiger partial charge in [-0.3, -0.25) is 0 Å². The number of rotatable bonds is 8. The van der Waals surface area contributed by atoms with Gasteiger partial charge in [0.05, 0.1) is 0 Å². The third-order valence-electron chi connectivity index (χ3n) is 6.42. The molecule has 2 saturated carbocycles. The van der Waals surface area contributed by atoms with Crippen LogP contribution in [0.2, 0.25) is 11.1 Å².